The van der Waals surface area contributed by atoms with E-state index in [1.165, 1.54) is 18.5 Å². The zero-order valence-corrected chi connectivity index (χ0v) is 18.5. The summed E-state index contributed by atoms with van der Waals surface area (Å²) >= 11 is 0. The van der Waals surface area contributed by atoms with Crippen molar-refractivity contribution in [3.05, 3.63) is 70.9 Å². The number of benzene rings is 2. The molecular formula is C24H23FN4O4. The van der Waals surface area contributed by atoms with Gasteiger partial charge in [0.05, 0.1) is 21.3 Å². The predicted octanol–water partition coefficient (Wildman–Crippen LogP) is 3.86. The van der Waals surface area contributed by atoms with Crippen LogP contribution < -0.4 is 19.5 Å². The minimum Gasteiger partial charge on any atom is -0.493 e. The molecule has 1 aliphatic carbocycles. The number of Topliss-reactive ketones (excluding diaryl/α,β-unsaturated/α-hetero) is 1. The van der Waals surface area contributed by atoms with Gasteiger partial charge in [0, 0.05) is 17.7 Å². The molecule has 0 radical (unpaired) electrons. The highest BCUT2D eigenvalue weighted by Crippen LogP contribution is 2.46. The molecule has 5 rings (SSSR count). The quantitative estimate of drug-likeness (QED) is 0.632. The molecule has 3 aromatic rings. The lowest BCUT2D eigenvalue weighted by molar-refractivity contribution is -0.116. The molecule has 0 fully saturated rings. The maximum absolute atomic E-state index is 13.6. The lowest BCUT2D eigenvalue weighted by Crippen LogP contribution is -2.33. The van der Waals surface area contributed by atoms with Gasteiger partial charge in [-0.25, -0.2) is 9.07 Å². The topological polar surface area (TPSA) is 87.5 Å². The van der Waals surface area contributed by atoms with Crippen LogP contribution in [-0.2, 0) is 4.79 Å². The third-order valence-corrected chi connectivity index (χ3v) is 6.21. The normalized spacial score (nSPS) is 19.5. The Hall–Kier alpha value is -3.88. The third-order valence-electron chi connectivity index (χ3n) is 6.21. The van der Waals surface area contributed by atoms with E-state index >= 15 is 0 Å². The van der Waals surface area contributed by atoms with Gasteiger partial charge < -0.3 is 19.5 Å². The predicted molar refractivity (Wildman–Crippen MR) is 118 cm³/mol. The summed E-state index contributed by atoms with van der Waals surface area (Å²) in [4.78, 5) is 17.8. The molecule has 9 heteroatoms. The number of ketones is 1. The maximum Gasteiger partial charge on any atom is 0.226 e. The molecule has 0 bridgehead atoms. The smallest absolute Gasteiger partial charge is 0.226 e. The van der Waals surface area contributed by atoms with Crippen LogP contribution in [0.5, 0.6) is 17.2 Å². The molecule has 0 amide bonds. The summed E-state index contributed by atoms with van der Waals surface area (Å²) in [6.07, 6.45) is 2.34. The van der Waals surface area contributed by atoms with E-state index in [0.29, 0.717) is 41.6 Å². The lowest BCUT2D eigenvalue weighted by atomic mass is 9.77. The minimum absolute atomic E-state index is 0.00187. The Morgan fingerprint density at radius 3 is 2.33 bits per heavy atom. The Balaban J connectivity index is 1.57. The number of allylic oxidation sites excluding steroid dienone is 2. The number of carbonyl (C=O) groups is 1. The molecule has 8 nitrogen and oxygen atoms in total. The summed E-state index contributed by atoms with van der Waals surface area (Å²) in [6, 6.07) is 9.44. The van der Waals surface area contributed by atoms with Crippen molar-refractivity contribution in [2.24, 2.45) is 0 Å². The monoisotopic (exact) mass is 450 g/mol. The standard InChI is InChI=1S/C24H23FN4O4/c1-31-19-10-15(11-20(32-2)23(19)33-3)14-8-17-21(18(30)9-14)22(13-4-6-16(25)7-5-13)29-24(28-17)26-12-27-29/h4-7,10-12,14,22H,8-9H2,1-3H3,(H,26,27,28). The number of aromatic nitrogens is 3. The number of halogens is 1. The Morgan fingerprint density at radius 1 is 1.00 bits per heavy atom. The Labute approximate surface area is 190 Å². The molecule has 2 heterocycles. The fourth-order valence-corrected chi connectivity index (χ4v) is 4.68. The molecule has 170 valence electrons. The number of carbonyl (C=O) groups excluding carboxylic acids is 1. The van der Waals surface area contributed by atoms with Crippen LogP contribution in [0.1, 0.15) is 35.9 Å². The van der Waals surface area contributed by atoms with Crippen LogP contribution in [0.25, 0.3) is 0 Å². The van der Waals surface area contributed by atoms with Gasteiger partial charge in [-0.15, -0.1) is 0 Å². The van der Waals surface area contributed by atoms with Gasteiger partial charge in [-0.3, -0.25) is 4.79 Å². The van der Waals surface area contributed by atoms with Crippen molar-refractivity contribution in [3.63, 3.8) is 0 Å². The number of hydrogen-bond acceptors (Lipinski definition) is 7. The first-order valence-corrected chi connectivity index (χ1v) is 10.5. The summed E-state index contributed by atoms with van der Waals surface area (Å²) in [5.41, 5.74) is 3.11. The maximum atomic E-state index is 13.6. The molecular weight excluding hydrogens is 427 g/mol. The molecule has 1 aromatic heterocycles. The summed E-state index contributed by atoms with van der Waals surface area (Å²) < 4.78 is 31.6. The van der Waals surface area contributed by atoms with Crippen molar-refractivity contribution in [1.29, 1.82) is 0 Å². The summed E-state index contributed by atoms with van der Waals surface area (Å²) in [5, 5.41) is 7.61. The molecule has 2 aromatic carbocycles. The Kier molecular flexibility index (Phi) is 5.24. The van der Waals surface area contributed by atoms with Crippen molar-refractivity contribution in [2.75, 3.05) is 26.6 Å². The number of methoxy groups -OCH3 is 3. The second-order valence-electron chi connectivity index (χ2n) is 7.99. The number of hydrogen-bond donors (Lipinski definition) is 1. The van der Waals surface area contributed by atoms with E-state index < -0.39 is 6.04 Å². The van der Waals surface area contributed by atoms with Crippen LogP contribution in [0, 0.1) is 5.82 Å². The van der Waals surface area contributed by atoms with Gasteiger partial charge in [-0.05, 0) is 47.7 Å². The van der Waals surface area contributed by atoms with E-state index in [0.717, 1.165) is 16.8 Å². The summed E-state index contributed by atoms with van der Waals surface area (Å²) in [5.74, 6) is 1.70. The molecule has 2 atom stereocenters. The van der Waals surface area contributed by atoms with Crippen molar-refractivity contribution in [1.82, 2.24) is 14.8 Å². The second-order valence-corrected chi connectivity index (χ2v) is 7.99. The number of ether oxygens (including phenoxy) is 3. The zero-order chi connectivity index (χ0) is 23.1. The van der Waals surface area contributed by atoms with Gasteiger partial charge >= 0.3 is 0 Å². The SMILES string of the molecule is COc1cc(C2CC(=O)C3=C(C2)Nc2ncnn2C3c2ccc(F)cc2)cc(OC)c1OC. The highest BCUT2D eigenvalue weighted by Gasteiger charge is 2.39. The number of nitrogens with zero attached hydrogens (tertiary/aromatic N) is 3. The Bertz CT molecular complexity index is 1230. The largest absolute Gasteiger partial charge is 0.493 e. The van der Waals surface area contributed by atoms with Crippen LogP contribution in [0.15, 0.2) is 54.0 Å². The van der Waals surface area contributed by atoms with Gasteiger partial charge in [-0.1, -0.05) is 12.1 Å². The fraction of sp³-hybridized carbons (Fsp3) is 0.292. The number of anilines is 1. The van der Waals surface area contributed by atoms with Gasteiger partial charge in [-0.2, -0.15) is 10.1 Å². The molecule has 2 unspecified atom stereocenters. The highest BCUT2D eigenvalue weighted by atomic mass is 19.1. The molecule has 1 aliphatic heterocycles. The van der Waals surface area contributed by atoms with Crippen LogP contribution in [0.3, 0.4) is 0 Å². The third kappa shape index (κ3) is 3.49. The van der Waals surface area contributed by atoms with Gasteiger partial charge in [0.25, 0.3) is 0 Å². The van der Waals surface area contributed by atoms with Crippen molar-refractivity contribution < 1.29 is 23.4 Å². The molecule has 0 saturated carbocycles. The van der Waals surface area contributed by atoms with E-state index in [1.807, 2.05) is 12.1 Å². The molecule has 0 spiro atoms. The van der Waals surface area contributed by atoms with Crippen LogP contribution in [0.4, 0.5) is 10.3 Å². The molecule has 2 aliphatic rings. The van der Waals surface area contributed by atoms with Crippen LogP contribution in [-0.4, -0.2) is 41.9 Å². The lowest BCUT2D eigenvalue weighted by Gasteiger charge is -2.35. The van der Waals surface area contributed by atoms with Gasteiger partial charge in [0.1, 0.15) is 18.2 Å². The summed E-state index contributed by atoms with van der Waals surface area (Å²) in [7, 11) is 4.69. The Morgan fingerprint density at radius 2 is 1.70 bits per heavy atom. The van der Waals surface area contributed by atoms with E-state index in [4.69, 9.17) is 14.2 Å². The minimum atomic E-state index is -0.465. The van der Waals surface area contributed by atoms with Crippen LogP contribution in [0.2, 0.25) is 0 Å². The zero-order valence-electron chi connectivity index (χ0n) is 18.5. The van der Waals surface area contributed by atoms with Gasteiger partial charge in [0.15, 0.2) is 17.3 Å². The van der Waals surface area contributed by atoms with Gasteiger partial charge in [0.2, 0.25) is 11.7 Å². The molecule has 1 N–H and O–H groups in total. The first kappa shape index (κ1) is 21.0. The summed E-state index contributed by atoms with van der Waals surface area (Å²) in [6.45, 7) is 0. The number of fused-ring (bicyclic) bond motifs is 1. The fourth-order valence-electron chi connectivity index (χ4n) is 4.68. The van der Waals surface area contributed by atoms with E-state index in [2.05, 4.69) is 15.4 Å². The van der Waals surface area contributed by atoms with E-state index in [1.54, 1.807) is 38.1 Å². The average molecular weight is 450 g/mol. The first-order chi connectivity index (χ1) is 16.0. The van der Waals surface area contributed by atoms with E-state index in [9.17, 15) is 9.18 Å². The number of nitrogens with one attached hydrogen (secondary N) is 1. The average Bonchev–Trinajstić information content (AvgIpc) is 3.30. The first-order valence-electron chi connectivity index (χ1n) is 10.5. The second kappa shape index (κ2) is 8.23. The van der Waals surface area contributed by atoms with Crippen LogP contribution >= 0.6 is 0 Å². The van der Waals surface area contributed by atoms with Crippen molar-refractivity contribution in [3.8, 4) is 17.2 Å². The molecule has 33 heavy (non-hydrogen) atoms. The van der Waals surface area contributed by atoms with Crippen molar-refractivity contribution >= 4 is 11.7 Å². The highest BCUT2D eigenvalue weighted by molar-refractivity contribution is 6.00. The van der Waals surface area contributed by atoms with Crippen molar-refractivity contribution in [2.45, 2.75) is 24.8 Å². The molecule has 0 saturated heterocycles. The van der Waals surface area contributed by atoms with E-state index in [-0.39, 0.29) is 17.5 Å². The number of rotatable bonds is 5.